The van der Waals surface area contributed by atoms with Crippen molar-refractivity contribution in [2.75, 3.05) is 19.8 Å². The van der Waals surface area contributed by atoms with E-state index in [1.807, 2.05) is 0 Å². The van der Waals surface area contributed by atoms with Gasteiger partial charge in [-0.05, 0) is 50.0 Å². The van der Waals surface area contributed by atoms with E-state index in [0.29, 0.717) is 0 Å². The van der Waals surface area contributed by atoms with Crippen molar-refractivity contribution in [3.05, 3.63) is 0 Å². The minimum Gasteiger partial charge on any atom is -0.381 e. The fraction of sp³-hybridized carbons (Fsp3) is 1.00. The molecule has 1 aliphatic rings. The molecule has 0 aromatic rings. The van der Waals surface area contributed by atoms with Crippen LogP contribution in [0.4, 0.5) is 0 Å². The molecular formula is C17H35NO. The molecule has 1 aliphatic carbocycles. The monoisotopic (exact) mass is 269 g/mol. The summed E-state index contributed by atoms with van der Waals surface area (Å²) in [5.41, 5.74) is 0. The zero-order valence-corrected chi connectivity index (χ0v) is 13.6. The SMILES string of the molecule is CCCCOCCCNC1CC(C)CCC1C(C)C. The number of rotatable bonds is 9. The van der Waals surface area contributed by atoms with Crippen molar-refractivity contribution in [3.63, 3.8) is 0 Å². The summed E-state index contributed by atoms with van der Waals surface area (Å²) in [7, 11) is 0. The zero-order valence-electron chi connectivity index (χ0n) is 13.6. The largest absolute Gasteiger partial charge is 0.381 e. The Morgan fingerprint density at radius 2 is 1.89 bits per heavy atom. The standard InChI is InChI=1S/C17H35NO/c1-5-6-11-19-12-7-10-18-17-13-15(4)8-9-16(17)14(2)3/h14-18H,5-13H2,1-4H3. The maximum Gasteiger partial charge on any atom is 0.0478 e. The molecule has 0 saturated heterocycles. The molecule has 19 heavy (non-hydrogen) atoms. The molecule has 0 radical (unpaired) electrons. The van der Waals surface area contributed by atoms with Crippen molar-refractivity contribution in [1.29, 1.82) is 0 Å². The molecule has 0 aliphatic heterocycles. The Balaban J connectivity index is 2.14. The fourth-order valence-corrected chi connectivity index (χ4v) is 3.25. The Morgan fingerprint density at radius 3 is 2.58 bits per heavy atom. The van der Waals surface area contributed by atoms with Gasteiger partial charge in [0.2, 0.25) is 0 Å². The van der Waals surface area contributed by atoms with Crippen LogP contribution in [-0.2, 0) is 4.74 Å². The molecule has 1 saturated carbocycles. The third kappa shape index (κ3) is 6.76. The van der Waals surface area contributed by atoms with Crippen LogP contribution in [0.15, 0.2) is 0 Å². The minimum absolute atomic E-state index is 0.736. The maximum absolute atomic E-state index is 5.62. The van der Waals surface area contributed by atoms with Gasteiger partial charge in [-0.3, -0.25) is 0 Å². The molecule has 0 heterocycles. The van der Waals surface area contributed by atoms with Gasteiger partial charge < -0.3 is 10.1 Å². The van der Waals surface area contributed by atoms with Crippen LogP contribution in [0.5, 0.6) is 0 Å². The quantitative estimate of drug-likeness (QED) is 0.632. The molecule has 0 aromatic heterocycles. The van der Waals surface area contributed by atoms with Crippen LogP contribution in [0.25, 0.3) is 0 Å². The summed E-state index contributed by atoms with van der Waals surface area (Å²) in [5.74, 6) is 2.58. The first-order valence-electron chi connectivity index (χ1n) is 8.46. The van der Waals surface area contributed by atoms with Crippen molar-refractivity contribution < 1.29 is 4.74 Å². The van der Waals surface area contributed by atoms with Crippen LogP contribution in [-0.4, -0.2) is 25.8 Å². The van der Waals surface area contributed by atoms with Gasteiger partial charge in [-0.2, -0.15) is 0 Å². The lowest BCUT2D eigenvalue weighted by Gasteiger charge is -2.38. The first-order chi connectivity index (χ1) is 9.15. The Hall–Kier alpha value is -0.0800. The smallest absolute Gasteiger partial charge is 0.0478 e. The lowest BCUT2D eigenvalue weighted by Crippen LogP contribution is -2.43. The average molecular weight is 269 g/mol. The van der Waals surface area contributed by atoms with Gasteiger partial charge >= 0.3 is 0 Å². The van der Waals surface area contributed by atoms with Crippen LogP contribution in [0.1, 0.15) is 66.2 Å². The summed E-state index contributed by atoms with van der Waals surface area (Å²) in [6.45, 7) is 12.3. The third-order valence-electron chi connectivity index (χ3n) is 4.54. The topological polar surface area (TPSA) is 21.3 Å². The number of ether oxygens (including phenoxy) is 1. The predicted octanol–water partition coefficient (Wildman–Crippen LogP) is 4.24. The second-order valence-corrected chi connectivity index (χ2v) is 6.71. The zero-order chi connectivity index (χ0) is 14.1. The number of hydrogen-bond donors (Lipinski definition) is 1. The Bertz CT molecular complexity index is 217. The van der Waals surface area contributed by atoms with E-state index in [1.165, 1.54) is 32.1 Å². The highest BCUT2D eigenvalue weighted by Gasteiger charge is 2.29. The van der Waals surface area contributed by atoms with Gasteiger partial charge in [0.15, 0.2) is 0 Å². The molecule has 0 amide bonds. The number of nitrogens with one attached hydrogen (secondary N) is 1. The van der Waals surface area contributed by atoms with E-state index in [4.69, 9.17) is 4.74 Å². The molecule has 0 aromatic carbocycles. The number of hydrogen-bond acceptors (Lipinski definition) is 2. The summed E-state index contributed by atoms with van der Waals surface area (Å²) >= 11 is 0. The van der Waals surface area contributed by atoms with Gasteiger partial charge in [0, 0.05) is 19.3 Å². The predicted molar refractivity (Wildman–Crippen MR) is 83.5 cm³/mol. The van der Waals surface area contributed by atoms with E-state index in [2.05, 4.69) is 33.0 Å². The van der Waals surface area contributed by atoms with Crippen molar-refractivity contribution in [2.45, 2.75) is 72.3 Å². The van der Waals surface area contributed by atoms with Crippen molar-refractivity contribution in [1.82, 2.24) is 5.32 Å². The van der Waals surface area contributed by atoms with Crippen LogP contribution < -0.4 is 5.32 Å². The molecule has 114 valence electrons. The summed E-state index contributed by atoms with van der Waals surface area (Å²) in [4.78, 5) is 0. The Morgan fingerprint density at radius 1 is 1.16 bits per heavy atom. The molecule has 1 N–H and O–H groups in total. The summed E-state index contributed by atoms with van der Waals surface area (Å²) in [6.07, 6.45) is 7.76. The fourth-order valence-electron chi connectivity index (χ4n) is 3.25. The lowest BCUT2D eigenvalue weighted by atomic mass is 9.74. The van der Waals surface area contributed by atoms with E-state index >= 15 is 0 Å². The highest BCUT2D eigenvalue weighted by molar-refractivity contribution is 4.85. The molecule has 2 nitrogen and oxygen atoms in total. The lowest BCUT2D eigenvalue weighted by molar-refractivity contribution is 0.123. The number of unbranched alkanes of at least 4 members (excludes halogenated alkanes) is 1. The highest BCUT2D eigenvalue weighted by Crippen LogP contribution is 2.33. The third-order valence-corrected chi connectivity index (χ3v) is 4.54. The van der Waals surface area contributed by atoms with Crippen molar-refractivity contribution in [2.24, 2.45) is 17.8 Å². The molecule has 3 atom stereocenters. The summed E-state index contributed by atoms with van der Waals surface area (Å²) < 4.78 is 5.62. The molecular weight excluding hydrogens is 234 g/mol. The van der Waals surface area contributed by atoms with Crippen molar-refractivity contribution in [3.8, 4) is 0 Å². The molecule has 3 unspecified atom stereocenters. The van der Waals surface area contributed by atoms with Gasteiger partial charge in [0.25, 0.3) is 0 Å². The summed E-state index contributed by atoms with van der Waals surface area (Å²) in [6, 6.07) is 0.736. The Kier molecular flexibility index (Phi) is 8.72. The van der Waals surface area contributed by atoms with E-state index in [9.17, 15) is 0 Å². The molecule has 1 rings (SSSR count). The Labute approximate surface area is 120 Å². The highest BCUT2D eigenvalue weighted by atomic mass is 16.5. The van der Waals surface area contributed by atoms with E-state index in [-0.39, 0.29) is 0 Å². The van der Waals surface area contributed by atoms with E-state index in [0.717, 1.165) is 50.0 Å². The normalized spacial score (nSPS) is 27.9. The second-order valence-electron chi connectivity index (χ2n) is 6.71. The van der Waals surface area contributed by atoms with Gasteiger partial charge in [-0.15, -0.1) is 0 Å². The van der Waals surface area contributed by atoms with Gasteiger partial charge in [-0.1, -0.05) is 40.5 Å². The summed E-state index contributed by atoms with van der Waals surface area (Å²) in [5, 5.41) is 3.79. The van der Waals surface area contributed by atoms with Crippen molar-refractivity contribution >= 4 is 0 Å². The molecule has 2 heteroatoms. The van der Waals surface area contributed by atoms with Gasteiger partial charge in [0.05, 0.1) is 0 Å². The van der Waals surface area contributed by atoms with Crippen LogP contribution in [0.2, 0.25) is 0 Å². The van der Waals surface area contributed by atoms with Gasteiger partial charge in [0.1, 0.15) is 0 Å². The molecule has 0 spiro atoms. The molecule has 0 bridgehead atoms. The minimum atomic E-state index is 0.736. The van der Waals surface area contributed by atoms with Crippen LogP contribution >= 0.6 is 0 Å². The first-order valence-corrected chi connectivity index (χ1v) is 8.46. The van der Waals surface area contributed by atoms with E-state index < -0.39 is 0 Å². The average Bonchev–Trinajstić information content (AvgIpc) is 2.37. The van der Waals surface area contributed by atoms with E-state index in [1.54, 1.807) is 0 Å². The molecule has 1 fully saturated rings. The maximum atomic E-state index is 5.62. The van der Waals surface area contributed by atoms with Gasteiger partial charge in [-0.25, -0.2) is 0 Å². The first kappa shape index (κ1) is 17.0. The van der Waals surface area contributed by atoms with Crippen LogP contribution in [0, 0.1) is 17.8 Å². The second kappa shape index (κ2) is 9.77. The van der Waals surface area contributed by atoms with Crippen LogP contribution in [0.3, 0.4) is 0 Å².